The third-order valence-corrected chi connectivity index (χ3v) is 36.1. The predicted octanol–water partition coefficient (Wildman–Crippen LogP) is 3.92. The molecule has 11 heavy (non-hydrogen) atoms. The van der Waals surface area contributed by atoms with Crippen LogP contribution in [0.15, 0.2) is 0 Å². The van der Waals surface area contributed by atoms with Crippen LogP contribution in [0, 0.1) is 0 Å². The SMILES string of the molecule is CC[As]1(CC)(CC)SCCS1. The maximum atomic E-state index is 2.42. The standard InChI is InChI=1S/C8H19AsS2/c1-4-9(5-2,6-3)10-7-8-11-9/h4-8H2,1-3H3. The molecular formula is C8H19AsS2. The fourth-order valence-corrected chi connectivity index (χ4v) is 26.8. The van der Waals surface area contributed by atoms with Gasteiger partial charge in [-0.3, -0.25) is 0 Å². The Balaban J connectivity index is 2.83. The molecule has 0 aromatic carbocycles. The van der Waals surface area contributed by atoms with Crippen molar-refractivity contribution in [2.24, 2.45) is 0 Å². The van der Waals surface area contributed by atoms with Crippen molar-refractivity contribution in [2.75, 3.05) is 11.5 Å². The van der Waals surface area contributed by atoms with Crippen LogP contribution in [0.5, 0.6) is 0 Å². The zero-order chi connectivity index (χ0) is 8.40. The molecule has 1 fully saturated rings. The summed E-state index contributed by atoms with van der Waals surface area (Å²) in [5.74, 6) is 2.87. The van der Waals surface area contributed by atoms with Crippen molar-refractivity contribution in [3.8, 4) is 0 Å². The molecule has 0 aliphatic carbocycles. The van der Waals surface area contributed by atoms with Crippen molar-refractivity contribution >= 4 is 30.2 Å². The van der Waals surface area contributed by atoms with E-state index in [1.165, 1.54) is 27.1 Å². The van der Waals surface area contributed by atoms with E-state index in [9.17, 15) is 0 Å². The summed E-state index contributed by atoms with van der Waals surface area (Å²) in [6.07, 6.45) is 0. The Bertz CT molecular complexity index is 122. The van der Waals surface area contributed by atoms with E-state index in [0.29, 0.717) is 0 Å². The van der Waals surface area contributed by atoms with Gasteiger partial charge in [-0.25, -0.2) is 0 Å². The first-order valence-electron chi connectivity index (χ1n) is 4.51. The zero-order valence-electron chi connectivity index (χ0n) is 7.80. The summed E-state index contributed by atoms with van der Waals surface area (Å²) >= 11 is 0. The summed E-state index contributed by atoms with van der Waals surface area (Å²) in [6, 6.07) is 0. The third-order valence-electron chi connectivity index (χ3n) is 3.04. The Morgan fingerprint density at radius 3 is 1.45 bits per heavy atom. The van der Waals surface area contributed by atoms with Crippen LogP contribution in [0.3, 0.4) is 0 Å². The summed E-state index contributed by atoms with van der Waals surface area (Å²) in [5.41, 5.74) is 0. The van der Waals surface area contributed by atoms with Crippen molar-refractivity contribution in [1.29, 1.82) is 0 Å². The molecule has 0 atom stereocenters. The monoisotopic (exact) mass is 254 g/mol. The Hall–Kier alpha value is 1.26. The molecule has 1 heterocycles. The van der Waals surface area contributed by atoms with E-state index in [4.69, 9.17) is 0 Å². The first-order chi connectivity index (χ1) is 5.20. The molecule has 68 valence electrons. The topological polar surface area (TPSA) is 0 Å². The van der Waals surface area contributed by atoms with Gasteiger partial charge in [0.05, 0.1) is 0 Å². The molecule has 0 amide bonds. The van der Waals surface area contributed by atoms with Gasteiger partial charge in [0.25, 0.3) is 0 Å². The van der Waals surface area contributed by atoms with Gasteiger partial charge in [0.15, 0.2) is 0 Å². The zero-order valence-corrected chi connectivity index (χ0v) is 11.3. The van der Waals surface area contributed by atoms with Crippen molar-refractivity contribution in [3.05, 3.63) is 0 Å². The molecule has 1 aliphatic rings. The number of hydrogen-bond donors (Lipinski definition) is 0. The molecule has 0 nitrogen and oxygen atoms in total. The molecule has 0 N–H and O–H groups in total. The first-order valence-corrected chi connectivity index (χ1v) is 15.0. The summed E-state index contributed by atoms with van der Waals surface area (Å²) in [4.78, 5) is 0. The van der Waals surface area contributed by atoms with Gasteiger partial charge in [0.1, 0.15) is 0 Å². The van der Waals surface area contributed by atoms with E-state index in [0.717, 1.165) is 0 Å². The fraction of sp³-hybridized carbons (Fsp3) is 1.00. The third kappa shape index (κ3) is 1.64. The van der Waals surface area contributed by atoms with Gasteiger partial charge in [0.2, 0.25) is 0 Å². The van der Waals surface area contributed by atoms with Crippen LogP contribution in [-0.4, -0.2) is 21.6 Å². The molecule has 0 bridgehead atoms. The Morgan fingerprint density at radius 2 is 1.27 bits per heavy atom. The van der Waals surface area contributed by atoms with Crippen molar-refractivity contribution in [1.82, 2.24) is 0 Å². The molecule has 3 heteroatoms. The van der Waals surface area contributed by atoms with Crippen LogP contribution in [0.25, 0.3) is 0 Å². The number of rotatable bonds is 3. The first kappa shape index (κ1) is 10.3. The molecule has 1 saturated heterocycles. The maximum absolute atomic E-state index is 2.42. The van der Waals surface area contributed by atoms with Crippen molar-refractivity contribution in [3.63, 3.8) is 0 Å². The normalized spacial score (nSPS) is 31.0. The fourth-order valence-electron chi connectivity index (χ4n) is 1.79. The summed E-state index contributed by atoms with van der Waals surface area (Å²) in [7, 11) is 2.98. The summed E-state index contributed by atoms with van der Waals surface area (Å²) < 4.78 is 0. The molecule has 0 aromatic heterocycles. The Morgan fingerprint density at radius 1 is 0.909 bits per heavy atom. The average Bonchev–Trinajstić information content (AvgIpc) is 2.52. The Kier molecular flexibility index (Phi) is 3.34. The van der Waals surface area contributed by atoms with Crippen LogP contribution in [0.4, 0.5) is 0 Å². The van der Waals surface area contributed by atoms with Crippen LogP contribution in [-0.2, 0) is 0 Å². The van der Waals surface area contributed by atoms with Gasteiger partial charge in [-0.2, -0.15) is 0 Å². The quantitative estimate of drug-likeness (QED) is 0.700. The van der Waals surface area contributed by atoms with Crippen molar-refractivity contribution in [2.45, 2.75) is 36.4 Å². The molecular weight excluding hydrogens is 235 g/mol. The van der Waals surface area contributed by atoms with Gasteiger partial charge in [-0.15, -0.1) is 0 Å². The summed E-state index contributed by atoms with van der Waals surface area (Å²) in [5, 5.41) is 4.50. The van der Waals surface area contributed by atoms with E-state index in [-0.39, 0.29) is 0 Å². The van der Waals surface area contributed by atoms with Crippen LogP contribution >= 0.6 is 20.0 Å². The second-order valence-corrected chi connectivity index (χ2v) is 29.2. The molecule has 0 spiro atoms. The molecule has 0 radical (unpaired) electrons. The van der Waals surface area contributed by atoms with Crippen LogP contribution in [0.1, 0.15) is 20.8 Å². The molecule has 1 rings (SSSR count). The predicted molar refractivity (Wildman–Crippen MR) is 62.1 cm³/mol. The van der Waals surface area contributed by atoms with Gasteiger partial charge in [0, 0.05) is 0 Å². The average molecular weight is 254 g/mol. The van der Waals surface area contributed by atoms with E-state index in [1.54, 1.807) is 0 Å². The Labute approximate surface area is 77.9 Å². The number of hydrogen-bond acceptors (Lipinski definition) is 2. The molecule has 0 aromatic rings. The van der Waals surface area contributed by atoms with Crippen molar-refractivity contribution < 1.29 is 0 Å². The van der Waals surface area contributed by atoms with E-state index >= 15 is 0 Å². The molecule has 0 unspecified atom stereocenters. The van der Waals surface area contributed by atoms with Gasteiger partial charge >= 0.3 is 78.1 Å². The van der Waals surface area contributed by atoms with Gasteiger partial charge < -0.3 is 0 Å². The molecule has 0 saturated carbocycles. The van der Waals surface area contributed by atoms with Crippen LogP contribution < -0.4 is 0 Å². The van der Waals surface area contributed by atoms with E-state index in [1.807, 2.05) is 0 Å². The summed E-state index contributed by atoms with van der Waals surface area (Å²) in [6.45, 7) is 7.26. The second kappa shape index (κ2) is 3.55. The van der Waals surface area contributed by atoms with Gasteiger partial charge in [-0.1, -0.05) is 0 Å². The minimum atomic E-state index is -1.78. The van der Waals surface area contributed by atoms with E-state index in [2.05, 4.69) is 40.8 Å². The van der Waals surface area contributed by atoms with Gasteiger partial charge in [-0.05, 0) is 0 Å². The second-order valence-electron chi connectivity index (χ2n) is 3.14. The molecule has 1 aliphatic heterocycles. The minimum absolute atomic E-state index is 1.44. The van der Waals surface area contributed by atoms with Crippen LogP contribution in [0.2, 0.25) is 15.6 Å². The van der Waals surface area contributed by atoms with E-state index < -0.39 is 10.1 Å².